The molecule has 0 saturated carbocycles. The number of hydrogen-bond acceptors (Lipinski definition) is 1. The largest absolute Gasteiger partial charge is 0.348 e. The van der Waals surface area contributed by atoms with E-state index in [1.807, 2.05) is 14.0 Å². The van der Waals surface area contributed by atoms with Gasteiger partial charge in [-0.05, 0) is 44.9 Å². The van der Waals surface area contributed by atoms with Crippen molar-refractivity contribution in [1.82, 2.24) is 9.13 Å². The zero-order valence-electron chi connectivity index (χ0n) is 13.0. The summed E-state index contributed by atoms with van der Waals surface area (Å²) >= 11 is 0. The van der Waals surface area contributed by atoms with Crippen LogP contribution in [0.25, 0.3) is 21.8 Å². The maximum atomic E-state index is 12.6. The monoisotopic (exact) mass is 268 g/mol. The molecule has 0 unspecified atom stereocenters. The average Bonchev–Trinajstić information content (AvgIpc) is 2.60. The van der Waals surface area contributed by atoms with E-state index in [2.05, 4.69) is 43.0 Å². The Bertz CT molecular complexity index is 926. The van der Waals surface area contributed by atoms with Crippen LogP contribution in [0.3, 0.4) is 0 Å². The Hall–Kier alpha value is -2.03. The van der Waals surface area contributed by atoms with Gasteiger partial charge in [-0.25, -0.2) is 0 Å². The maximum absolute atomic E-state index is 12.6. The first kappa shape index (κ1) is 13.0. The van der Waals surface area contributed by atoms with Crippen molar-refractivity contribution in [1.29, 1.82) is 0 Å². The molecule has 0 bridgehead atoms. The van der Waals surface area contributed by atoms with E-state index in [4.69, 9.17) is 0 Å². The first-order valence-corrected chi connectivity index (χ1v) is 6.90. The molecule has 0 radical (unpaired) electrons. The van der Waals surface area contributed by atoms with Crippen LogP contribution in [-0.4, -0.2) is 9.13 Å². The van der Waals surface area contributed by atoms with Gasteiger partial charge in [-0.3, -0.25) is 4.79 Å². The highest BCUT2D eigenvalue weighted by Crippen LogP contribution is 2.32. The Balaban J connectivity index is 2.79. The first-order chi connectivity index (χ1) is 9.34. The number of aryl methyl sites for hydroxylation is 5. The molecule has 2 heterocycles. The lowest BCUT2D eigenvalue weighted by molar-refractivity contribution is 0.893. The molecule has 0 fully saturated rings. The Kier molecular flexibility index (Phi) is 2.58. The number of pyridine rings is 1. The van der Waals surface area contributed by atoms with Crippen LogP contribution >= 0.6 is 0 Å². The molecule has 2 aromatic heterocycles. The fourth-order valence-corrected chi connectivity index (χ4v) is 3.25. The molecule has 3 rings (SSSR count). The normalized spacial score (nSPS) is 11.7. The summed E-state index contributed by atoms with van der Waals surface area (Å²) in [5.74, 6) is 0. The van der Waals surface area contributed by atoms with E-state index in [0.717, 1.165) is 33.1 Å². The van der Waals surface area contributed by atoms with E-state index >= 15 is 0 Å². The molecule has 1 aromatic carbocycles. The van der Waals surface area contributed by atoms with Crippen molar-refractivity contribution in [3.63, 3.8) is 0 Å². The summed E-state index contributed by atoms with van der Waals surface area (Å²) < 4.78 is 4.30. The lowest BCUT2D eigenvalue weighted by Crippen LogP contribution is -2.11. The summed E-state index contributed by atoms with van der Waals surface area (Å²) in [4.78, 5) is 12.6. The van der Waals surface area contributed by atoms with Crippen molar-refractivity contribution < 1.29 is 0 Å². The SMILES string of the molecule is Cc1c(C)n(C)c2cc(C)c3c(c(=O)cc(C)n3C)c12. The highest BCUT2D eigenvalue weighted by Gasteiger charge is 2.17. The Morgan fingerprint density at radius 3 is 2.20 bits per heavy atom. The van der Waals surface area contributed by atoms with E-state index in [1.165, 1.54) is 11.3 Å². The molecular weight excluding hydrogens is 248 g/mol. The minimum atomic E-state index is 0.123. The highest BCUT2D eigenvalue weighted by molar-refractivity contribution is 6.09. The van der Waals surface area contributed by atoms with Gasteiger partial charge >= 0.3 is 0 Å². The van der Waals surface area contributed by atoms with Gasteiger partial charge in [-0.2, -0.15) is 0 Å². The summed E-state index contributed by atoms with van der Waals surface area (Å²) in [6, 6.07) is 3.93. The number of aromatic nitrogens is 2. The lowest BCUT2D eigenvalue weighted by Gasteiger charge is -2.13. The summed E-state index contributed by atoms with van der Waals surface area (Å²) in [6.07, 6.45) is 0. The summed E-state index contributed by atoms with van der Waals surface area (Å²) in [5, 5.41) is 1.96. The molecule has 0 amide bonds. The topological polar surface area (TPSA) is 26.9 Å². The van der Waals surface area contributed by atoms with Crippen LogP contribution in [0, 0.1) is 27.7 Å². The van der Waals surface area contributed by atoms with Crippen molar-refractivity contribution in [3.05, 3.63) is 44.9 Å². The fourth-order valence-electron chi connectivity index (χ4n) is 3.25. The molecule has 3 nitrogen and oxygen atoms in total. The Morgan fingerprint density at radius 1 is 0.900 bits per heavy atom. The van der Waals surface area contributed by atoms with Crippen LogP contribution in [-0.2, 0) is 14.1 Å². The van der Waals surface area contributed by atoms with E-state index in [9.17, 15) is 4.79 Å². The number of hydrogen-bond donors (Lipinski definition) is 0. The molecule has 0 atom stereocenters. The molecule has 0 saturated heterocycles. The number of rotatable bonds is 0. The quantitative estimate of drug-likeness (QED) is 0.615. The van der Waals surface area contributed by atoms with Crippen molar-refractivity contribution in [2.24, 2.45) is 14.1 Å². The van der Waals surface area contributed by atoms with Gasteiger partial charge in [0.25, 0.3) is 0 Å². The molecule has 3 aromatic rings. The van der Waals surface area contributed by atoms with E-state index in [-0.39, 0.29) is 5.43 Å². The second kappa shape index (κ2) is 3.98. The van der Waals surface area contributed by atoms with Gasteiger partial charge in [0.05, 0.1) is 10.9 Å². The minimum absolute atomic E-state index is 0.123. The predicted molar refractivity (Wildman–Crippen MR) is 84.6 cm³/mol. The van der Waals surface area contributed by atoms with Crippen LogP contribution in [0.4, 0.5) is 0 Å². The Morgan fingerprint density at radius 2 is 1.55 bits per heavy atom. The van der Waals surface area contributed by atoms with Crippen molar-refractivity contribution in [2.75, 3.05) is 0 Å². The van der Waals surface area contributed by atoms with Crippen molar-refractivity contribution in [2.45, 2.75) is 27.7 Å². The molecule has 0 aliphatic rings. The lowest BCUT2D eigenvalue weighted by atomic mass is 10.0. The second-order valence-corrected chi connectivity index (χ2v) is 5.79. The number of fused-ring (bicyclic) bond motifs is 3. The summed E-state index contributed by atoms with van der Waals surface area (Å²) in [6.45, 7) is 8.27. The number of nitrogens with zero attached hydrogens (tertiary/aromatic N) is 2. The van der Waals surface area contributed by atoms with Gasteiger partial charge in [0.1, 0.15) is 0 Å². The predicted octanol–water partition coefficient (Wildman–Crippen LogP) is 3.26. The highest BCUT2D eigenvalue weighted by atomic mass is 16.1. The van der Waals surface area contributed by atoms with E-state index in [1.54, 1.807) is 6.07 Å². The first-order valence-electron chi connectivity index (χ1n) is 6.90. The molecule has 0 aliphatic heterocycles. The van der Waals surface area contributed by atoms with Crippen molar-refractivity contribution >= 4 is 21.8 Å². The standard InChI is InChI=1S/C17H20N2O/c1-9-7-13-15(11(3)12(4)19(13)6)16-14(20)8-10(2)18(5)17(9)16/h7-8H,1-6H3. The average molecular weight is 268 g/mol. The molecule has 0 N–H and O–H groups in total. The minimum Gasteiger partial charge on any atom is -0.348 e. The van der Waals surface area contributed by atoms with Gasteiger partial charge < -0.3 is 9.13 Å². The van der Waals surface area contributed by atoms with Crippen LogP contribution in [0.1, 0.15) is 22.5 Å². The molecule has 20 heavy (non-hydrogen) atoms. The summed E-state index contributed by atoms with van der Waals surface area (Å²) in [7, 11) is 4.09. The third kappa shape index (κ3) is 1.43. The molecular formula is C17H20N2O. The van der Waals surface area contributed by atoms with Gasteiger partial charge in [-0.1, -0.05) is 0 Å². The van der Waals surface area contributed by atoms with Crippen LogP contribution < -0.4 is 5.43 Å². The van der Waals surface area contributed by atoms with Crippen LogP contribution in [0.15, 0.2) is 16.9 Å². The van der Waals surface area contributed by atoms with Crippen LogP contribution in [0.2, 0.25) is 0 Å². The molecule has 0 aliphatic carbocycles. The third-order valence-electron chi connectivity index (χ3n) is 4.70. The van der Waals surface area contributed by atoms with Gasteiger partial charge in [0.15, 0.2) is 5.43 Å². The maximum Gasteiger partial charge on any atom is 0.190 e. The smallest absolute Gasteiger partial charge is 0.190 e. The second-order valence-electron chi connectivity index (χ2n) is 5.79. The van der Waals surface area contributed by atoms with Gasteiger partial charge in [0.2, 0.25) is 0 Å². The van der Waals surface area contributed by atoms with Crippen LogP contribution in [0.5, 0.6) is 0 Å². The van der Waals surface area contributed by atoms with E-state index in [0.29, 0.717) is 0 Å². The fraction of sp³-hybridized carbons (Fsp3) is 0.353. The molecule has 104 valence electrons. The van der Waals surface area contributed by atoms with Crippen molar-refractivity contribution in [3.8, 4) is 0 Å². The van der Waals surface area contributed by atoms with E-state index < -0.39 is 0 Å². The van der Waals surface area contributed by atoms with Gasteiger partial charge in [0, 0.05) is 42.5 Å². The summed E-state index contributed by atoms with van der Waals surface area (Å²) in [5.41, 5.74) is 6.88. The Labute approximate surface area is 118 Å². The third-order valence-corrected chi connectivity index (χ3v) is 4.70. The zero-order valence-corrected chi connectivity index (χ0v) is 13.0. The zero-order chi connectivity index (χ0) is 14.8. The molecule has 3 heteroatoms. The molecule has 0 spiro atoms. The number of benzene rings is 1. The van der Waals surface area contributed by atoms with Gasteiger partial charge in [-0.15, -0.1) is 0 Å².